The van der Waals surface area contributed by atoms with E-state index in [1.807, 2.05) is 32.2 Å². The smallest absolute Gasteiger partial charge is 0.168 e. The van der Waals surface area contributed by atoms with E-state index in [1.165, 1.54) is 0 Å². The number of rotatable bonds is 5. The van der Waals surface area contributed by atoms with Crippen molar-refractivity contribution in [1.29, 1.82) is 0 Å². The van der Waals surface area contributed by atoms with Crippen LogP contribution in [0.5, 0.6) is 11.5 Å². The van der Waals surface area contributed by atoms with Crippen molar-refractivity contribution >= 4 is 11.6 Å². The predicted molar refractivity (Wildman–Crippen MR) is 85.1 cm³/mol. The van der Waals surface area contributed by atoms with Crippen molar-refractivity contribution < 1.29 is 4.74 Å². The van der Waals surface area contributed by atoms with E-state index in [-0.39, 0.29) is 5.92 Å². The molecule has 2 rings (SSSR count). The van der Waals surface area contributed by atoms with Crippen molar-refractivity contribution in [3.8, 4) is 11.5 Å². The Bertz CT molecular complexity index is 629. The van der Waals surface area contributed by atoms with Gasteiger partial charge in [-0.05, 0) is 31.7 Å². The lowest BCUT2D eigenvalue weighted by atomic mass is 10.2. The fourth-order valence-electron chi connectivity index (χ4n) is 1.89. The highest BCUT2D eigenvalue weighted by Crippen LogP contribution is 2.31. The van der Waals surface area contributed by atoms with E-state index < -0.39 is 0 Å². The van der Waals surface area contributed by atoms with E-state index >= 15 is 0 Å². The highest BCUT2D eigenvalue weighted by Gasteiger charge is 2.12. The highest BCUT2D eigenvalue weighted by atomic mass is 35.5. The fourth-order valence-corrected chi connectivity index (χ4v) is 2.16. The van der Waals surface area contributed by atoms with E-state index in [1.54, 1.807) is 6.20 Å². The van der Waals surface area contributed by atoms with Gasteiger partial charge in [-0.2, -0.15) is 0 Å². The van der Waals surface area contributed by atoms with Crippen LogP contribution in [0, 0.1) is 6.92 Å². The summed E-state index contributed by atoms with van der Waals surface area (Å²) in [4.78, 5) is 8.92. The number of halogens is 1. The molecule has 0 aliphatic carbocycles. The van der Waals surface area contributed by atoms with Crippen molar-refractivity contribution in [2.24, 2.45) is 0 Å². The number of hydrogen-bond acceptors (Lipinski definition) is 4. The standard InChI is InChI=1S/C16H20ClN3O/c1-10(2)16-19-9-15(13(20-16)8-18-4)21-14-6-5-11(3)7-12(14)17/h5-7,9-10,18H,8H2,1-4H3. The third kappa shape index (κ3) is 3.93. The second-order valence-electron chi connectivity index (χ2n) is 5.26. The number of nitrogens with zero attached hydrogens (tertiary/aromatic N) is 2. The van der Waals surface area contributed by atoms with Crippen LogP contribution < -0.4 is 10.1 Å². The normalized spacial score (nSPS) is 11.0. The molecule has 112 valence electrons. The van der Waals surface area contributed by atoms with Crippen LogP contribution in [0.4, 0.5) is 0 Å². The quantitative estimate of drug-likeness (QED) is 0.904. The Balaban J connectivity index is 2.34. The molecule has 5 heteroatoms. The Morgan fingerprint density at radius 1 is 1.29 bits per heavy atom. The average molecular weight is 306 g/mol. The van der Waals surface area contributed by atoms with Gasteiger partial charge in [0.1, 0.15) is 17.3 Å². The number of aryl methyl sites for hydroxylation is 1. The van der Waals surface area contributed by atoms with Gasteiger partial charge in [-0.25, -0.2) is 9.97 Å². The van der Waals surface area contributed by atoms with Crippen LogP contribution in [-0.2, 0) is 6.54 Å². The summed E-state index contributed by atoms with van der Waals surface area (Å²) in [6.45, 7) is 6.73. The molecule has 0 saturated carbocycles. The largest absolute Gasteiger partial charge is 0.452 e. The second kappa shape index (κ2) is 6.87. The van der Waals surface area contributed by atoms with Gasteiger partial charge in [0.2, 0.25) is 0 Å². The molecule has 0 radical (unpaired) electrons. The number of ether oxygens (including phenoxy) is 1. The van der Waals surface area contributed by atoms with E-state index in [4.69, 9.17) is 16.3 Å². The predicted octanol–water partition coefficient (Wildman–Crippen LogP) is 4.07. The Kier molecular flexibility index (Phi) is 5.15. The molecule has 4 nitrogen and oxygen atoms in total. The second-order valence-corrected chi connectivity index (χ2v) is 5.67. The Morgan fingerprint density at radius 3 is 2.67 bits per heavy atom. The van der Waals surface area contributed by atoms with Crippen molar-refractivity contribution in [2.75, 3.05) is 7.05 Å². The molecule has 1 aromatic heterocycles. The van der Waals surface area contributed by atoms with Crippen LogP contribution in [-0.4, -0.2) is 17.0 Å². The number of hydrogen-bond donors (Lipinski definition) is 1. The maximum Gasteiger partial charge on any atom is 0.168 e. The lowest BCUT2D eigenvalue weighted by Gasteiger charge is -2.13. The van der Waals surface area contributed by atoms with Crippen LogP contribution in [0.25, 0.3) is 0 Å². The minimum atomic E-state index is 0.276. The third-order valence-corrected chi connectivity index (χ3v) is 3.31. The number of aromatic nitrogens is 2. The molecule has 1 N–H and O–H groups in total. The van der Waals surface area contributed by atoms with Gasteiger partial charge in [-0.15, -0.1) is 0 Å². The summed E-state index contributed by atoms with van der Waals surface area (Å²) in [5, 5.41) is 3.68. The first-order chi connectivity index (χ1) is 10.0. The zero-order chi connectivity index (χ0) is 15.4. The van der Waals surface area contributed by atoms with Gasteiger partial charge in [0.25, 0.3) is 0 Å². The SMILES string of the molecule is CNCc1nc(C(C)C)ncc1Oc1ccc(C)cc1Cl. The van der Waals surface area contributed by atoms with E-state index in [2.05, 4.69) is 29.1 Å². The first-order valence-corrected chi connectivity index (χ1v) is 7.33. The summed E-state index contributed by atoms with van der Waals surface area (Å²) in [5.41, 5.74) is 1.92. The minimum absolute atomic E-state index is 0.276. The summed E-state index contributed by atoms with van der Waals surface area (Å²) in [7, 11) is 1.87. The molecule has 0 aliphatic rings. The van der Waals surface area contributed by atoms with Crippen LogP contribution in [0.15, 0.2) is 24.4 Å². The minimum Gasteiger partial charge on any atom is -0.452 e. The molecule has 0 bridgehead atoms. The summed E-state index contributed by atoms with van der Waals surface area (Å²) < 4.78 is 5.89. The molecular formula is C16H20ClN3O. The number of benzene rings is 1. The van der Waals surface area contributed by atoms with Crippen molar-refractivity contribution in [3.05, 3.63) is 46.5 Å². The summed E-state index contributed by atoms with van der Waals surface area (Å²) >= 11 is 6.21. The van der Waals surface area contributed by atoms with Gasteiger partial charge >= 0.3 is 0 Å². The zero-order valence-corrected chi connectivity index (χ0v) is 13.5. The van der Waals surface area contributed by atoms with Crippen LogP contribution in [0.1, 0.15) is 36.8 Å². The molecule has 2 aromatic rings. The first kappa shape index (κ1) is 15.7. The van der Waals surface area contributed by atoms with Gasteiger partial charge < -0.3 is 10.1 Å². The summed E-state index contributed by atoms with van der Waals surface area (Å²) in [6.07, 6.45) is 1.71. The van der Waals surface area contributed by atoms with Crippen molar-refractivity contribution in [1.82, 2.24) is 15.3 Å². The third-order valence-electron chi connectivity index (χ3n) is 3.02. The molecule has 0 saturated heterocycles. The topological polar surface area (TPSA) is 47.0 Å². The van der Waals surface area contributed by atoms with E-state index in [9.17, 15) is 0 Å². The highest BCUT2D eigenvalue weighted by molar-refractivity contribution is 6.32. The van der Waals surface area contributed by atoms with Crippen LogP contribution in [0.2, 0.25) is 5.02 Å². The molecule has 0 aliphatic heterocycles. The van der Waals surface area contributed by atoms with Gasteiger partial charge in [0.05, 0.1) is 11.2 Å². The maximum absolute atomic E-state index is 6.21. The van der Waals surface area contributed by atoms with E-state index in [0.29, 0.717) is 23.1 Å². The Morgan fingerprint density at radius 2 is 2.05 bits per heavy atom. The van der Waals surface area contributed by atoms with Gasteiger partial charge in [0.15, 0.2) is 5.75 Å². The number of nitrogens with one attached hydrogen (secondary N) is 1. The summed E-state index contributed by atoms with van der Waals surface area (Å²) in [6, 6.07) is 5.69. The van der Waals surface area contributed by atoms with Crippen molar-refractivity contribution in [3.63, 3.8) is 0 Å². The molecule has 0 spiro atoms. The fraction of sp³-hybridized carbons (Fsp3) is 0.375. The Hall–Kier alpha value is -1.65. The molecule has 0 unspecified atom stereocenters. The lowest BCUT2D eigenvalue weighted by molar-refractivity contribution is 0.464. The van der Waals surface area contributed by atoms with Crippen LogP contribution >= 0.6 is 11.6 Å². The van der Waals surface area contributed by atoms with Gasteiger partial charge in [0, 0.05) is 12.5 Å². The molecule has 0 amide bonds. The zero-order valence-electron chi connectivity index (χ0n) is 12.8. The summed E-state index contributed by atoms with van der Waals surface area (Å²) in [5.74, 6) is 2.32. The molecule has 1 aromatic carbocycles. The van der Waals surface area contributed by atoms with Gasteiger partial charge in [-0.3, -0.25) is 0 Å². The molecule has 0 atom stereocenters. The maximum atomic E-state index is 6.21. The van der Waals surface area contributed by atoms with E-state index in [0.717, 1.165) is 17.1 Å². The average Bonchev–Trinajstić information content (AvgIpc) is 2.43. The molecule has 21 heavy (non-hydrogen) atoms. The monoisotopic (exact) mass is 305 g/mol. The molecular weight excluding hydrogens is 286 g/mol. The van der Waals surface area contributed by atoms with Crippen molar-refractivity contribution in [2.45, 2.75) is 33.2 Å². The van der Waals surface area contributed by atoms with Crippen LogP contribution in [0.3, 0.4) is 0 Å². The molecule has 0 fully saturated rings. The molecule has 1 heterocycles. The van der Waals surface area contributed by atoms with Gasteiger partial charge in [-0.1, -0.05) is 31.5 Å². The first-order valence-electron chi connectivity index (χ1n) is 6.95. The lowest BCUT2D eigenvalue weighted by Crippen LogP contribution is -2.11. The Labute approximate surface area is 130 Å².